The van der Waals surface area contributed by atoms with Crippen LogP contribution in [0.3, 0.4) is 0 Å². The number of rotatable bonds is 4. The quantitative estimate of drug-likeness (QED) is 0.718. The van der Waals surface area contributed by atoms with E-state index in [1.54, 1.807) is 19.2 Å². The van der Waals surface area contributed by atoms with Crippen LogP contribution in [0, 0.1) is 6.92 Å². The van der Waals surface area contributed by atoms with Crippen LogP contribution < -0.4 is 10.9 Å². The molecule has 3 atom stereocenters. The van der Waals surface area contributed by atoms with Crippen LogP contribution in [0.5, 0.6) is 0 Å². The number of aryl methyl sites for hydroxylation is 1. The van der Waals surface area contributed by atoms with E-state index in [4.69, 9.17) is 0 Å². The number of aromatic nitrogens is 3. The second kappa shape index (κ2) is 8.44. The second-order valence-electron chi connectivity index (χ2n) is 8.61. The maximum absolute atomic E-state index is 14.8. The highest BCUT2D eigenvalue weighted by Gasteiger charge is 2.33. The maximum atomic E-state index is 14.8. The van der Waals surface area contributed by atoms with E-state index >= 15 is 0 Å². The number of nitrogens with one attached hydrogen (secondary N) is 1. The normalized spacial score (nSPS) is 26.3. The molecule has 2 aromatic rings. The maximum Gasteiger partial charge on any atom is 0.255 e. The van der Waals surface area contributed by atoms with E-state index in [9.17, 15) is 22.7 Å². The molecule has 2 N–H and O–H groups in total. The zero-order chi connectivity index (χ0) is 22.3. The lowest BCUT2D eigenvalue weighted by atomic mass is 9.90. The lowest BCUT2D eigenvalue weighted by Gasteiger charge is -2.32. The summed E-state index contributed by atoms with van der Waals surface area (Å²) in [5.74, 6) is 0.314. The highest BCUT2D eigenvalue weighted by Crippen LogP contribution is 2.32. The Morgan fingerprint density at radius 2 is 1.94 bits per heavy atom. The monoisotopic (exact) mass is 453 g/mol. The largest absolute Gasteiger partial charge is 0.393 e. The smallest absolute Gasteiger partial charge is 0.255 e. The minimum absolute atomic E-state index is 0.00787. The van der Waals surface area contributed by atoms with E-state index in [0.29, 0.717) is 54.9 Å². The summed E-state index contributed by atoms with van der Waals surface area (Å²) in [6.07, 6.45) is 2.87. The molecule has 31 heavy (non-hydrogen) atoms. The van der Waals surface area contributed by atoms with Gasteiger partial charge in [0.25, 0.3) is 5.56 Å². The molecule has 0 radical (unpaired) electrons. The van der Waals surface area contributed by atoms with Gasteiger partial charge in [-0.2, -0.15) is 4.98 Å². The second-order valence-corrected chi connectivity index (χ2v) is 10.6. The Balaban J connectivity index is 1.64. The number of sulfonamides is 1. The SMILES string of the molecule is Cc1cc2cnc(NC3CCN(S(C)(=O)=O)CC3)nc2n([C@H]2C[C@H](O)CC[C@@H]2F)c1=O. The van der Waals surface area contributed by atoms with Crippen LogP contribution in [0.2, 0.25) is 0 Å². The number of aliphatic hydroxyl groups excluding tert-OH is 1. The van der Waals surface area contributed by atoms with Crippen molar-refractivity contribution in [2.45, 2.75) is 63.4 Å². The van der Waals surface area contributed by atoms with Gasteiger partial charge in [0.05, 0.1) is 18.4 Å². The van der Waals surface area contributed by atoms with Gasteiger partial charge >= 0.3 is 0 Å². The lowest BCUT2D eigenvalue weighted by Crippen LogP contribution is -2.42. The van der Waals surface area contributed by atoms with E-state index < -0.39 is 28.3 Å². The molecule has 2 aromatic heterocycles. The zero-order valence-corrected chi connectivity index (χ0v) is 18.5. The number of aliphatic hydroxyl groups is 1. The fourth-order valence-corrected chi connectivity index (χ4v) is 5.38. The molecule has 0 amide bonds. The van der Waals surface area contributed by atoms with Crippen molar-refractivity contribution < 1.29 is 17.9 Å². The number of pyridine rings is 1. The summed E-state index contributed by atoms with van der Waals surface area (Å²) in [7, 11) is -3.21. The number of alkyl halides is 1. The number of halogens is 1. The average molecular weight is 454 g/mol. The standard InChI is InChI=1S/C20H28FN5O4S/c1-12-9-13-11-22-20(23-14-5-7-25(8-6-14)31(2,29)30)24-18(13)26(19(12)28)17-10-15(27)3-4-16(17)21/h9,11,14-17,27H,3-8,10H2,1-2H3,(H,22,23,24)/t15-,16+,17+/m1/s1. The first-order valence-electron chi connectivity index (χ1n) is 10.6. The van der Waals surface area contributed by atoms with E-state index in [0.717, 1.165) is 0 Å². The van der Waals surface area contributed by atoms with Crippen molar-refractivity contribution in [2.24, 2.45) is 0 Å². The molecule has 170 valence electrons. The summed E-state index contributed by atoms with van der Waals surface area (Å²) in [6.45, 7) is 2.50. The first-order chi connectivity index (χ1) is 14.6. The number of hydrogen-bond donors (Lipinski definition) is 2. The van der Waals surface area contributed by atoms with Gasteiger partial charge in [-0.15, -0.1) is 0 Å². The van der Waals surface area contributed by atoms with Crippen molar-refractivity contribution in [3.63, 3.8) is 0 Å². The van der Waals surface area contributed by atoms with Gasteiger partial charge in [-0.1, -0.05) is 0 Å². The summed E-state index contributed by atoms with van der Waals surface area (Å²) in [5.41, 5.74) is 0.487. The molecule has 0 spiro atoms. The van der Waals surface area contributed by atoms with Crippen molar-refractivity contribution in [1.82, 2.24) is 18.8 Å². The molecule has 1 aliphatic carbocycles. The van der Waals surface area contributed by atoms with Crippen molar-refractivity contribution in [3.05, 3.63) is 28.2 Å². The highest BCUT2D eigenvalue weighted by molar-refractivity contribution is 7.88. The molecule has 0 unspecified atom stereocenters. The van der Waals surface area contributed by atoms with Gasteiger partial charge in [0.1, 0.15) is 11.8 Å². The molecule has 1 saturated heterocycles. The minimum atomic E-state index is -3.21. The summed E-state index contributed by atoms with van der Waals surface area (Å²) in [4.78, 5) is 21.8. The molecule has 0 bridgehead atoms. The van der Waals surface area contributed by atoms with Gasteiger partial charge < -0.3 is 10.4 Å². The van der Waals surface area contributed by atoms with E-state index in [-0.39, 0.29) is 24.4 Å². The third kappa shape index (κ3) is 4.58. The van der Waals surface area contributed by atoms with Crippen LogP contribution in [0.15, 0.2) is 17.1 Å². The van der Waals surface area contributed by atoms with Gasteiger partial charge in [-0.05, 0) is 45.1 Å². The van der Waals surface area contributed by atoms with Gasteiger partial charge in [0.2, 0.25) is 16.0 Å². The van der Waals surface area contributed by atoms with Gasteiger partial charge in [-0.3, -0.25) is 9.36 Å². The average Bonchev–Trinajstić information content (AvgIpc) is 2.71. The van der Waals surface area contributed by atoms with Gasteiger partial charge in [-0.25, -0.2) is 22.1 Å². The number of hydrogen-bond acceptors (Lipinski definition) is 7. The van der Waals surface area contributed by atoms with Crippen molar-refractivity contribution in [2.75, 3.05) is 24.7 Å². The predicted molar refractivity (Wildman–Crippen MR) is 115 cm³/mol. The number of anilines is 1. The van der Waals surface area contributed by atoms with E-state index in [1.807, 2.05) is 0 Å². The first kappa shape index (κ1) is 22.1. The van der Waals surface area contributed by atoms with Crippen LogP contribution in [-0.2, 0) is 10.0 Å². The Morgan fingerprint density at radius 3 is 2.61 bits per heavy atom. The molecule has 4 rings (SSSR count). The van der Waals surface area contributed by atoms with E-state index in [1.165, 1.54) is 15.1 Å². The Morgan fingerprint density at radius 1 is 1.23 bits per heavy atom. The van der Waals surface area contributed by atoms with Crippen molar-refractivity contribution in [3.8, 4) is 0 Å². The Labute approximate surface area is 180 Å². The molecule has 0 aromatic carbocycles. The molecular formula is C20H28FN5O4S. The zero-order valence-electron chi connectivity index (χ0n) is 17.7. The molecule has 2 fully saturated rings. The van der Waals surface area contributed by atoms with Crippen LogP contribution >= 0.6 is 0 Å². The fraction of sp³-hybridized carbons (Fsp3) is 0.650. The van der Waals surface area contributed by atoms with Crippen LogP contribution in [-0.4, -0.2) is 70.0 Å². The van der Waals surface area contributed by atoms with Gasteiger partial charge in [0.15, 0.2) is 0 Å². The van der Waals surface area contributed by atoms with Crippen LogP contribution in [0.4, 0.5) is 10.3 Å². The van der Waals surface area contributed by atoms with E-state index in [2.05, 4.69) is 15.3 Å². The number of piperidine rings is 1. The van der Waals surface area contributed by atoms with Crippen molar-refractivity contribution in [1.29, 1.82) is 0 Å². The molecule has 1 aliphatic heterocycles. The third-order valence-corrected chi connectivity index (χ3v) is 7.55. The Bertz CT molecular complexity index is 1130. The number of nitrogens with zero attached hydrogens (tertiary/aromatic N) is 4. The topological polar surface area (TPSA) is 117 Å². The summed E-state index contributed by atoms with van der Waals surface area (Å²) in [6, 6.07) is 0.903. The van der Waals surface area contributed by atoms with Crippen LogP contribution in [0.1, 0.15) is 43.7 Å². The Kier molecular flexibility index (Phi) is 6.01. The summed E-state index contributed by atoms with van der Waals surface area (Å²) in [5, 5.41) is 13.9. The van der Waals surface area contributed by atoms with Crippen molar-refractivity contribution >= 4 is 27.0 Å². The van der Waals surface area contributed by atoms with Crippen LogP contribution in [0.25, 0.3) is 11.0 Å². The summed E-state index contributed by atoms with van der Waals surface area (Å²) >= 11 is 0. The molecule has 2 aliphatic rings. The number of fused-ring (bicyclic) bond motifs is 1. The highest BCUT2D eigenvalue weighted by atomic mass is 32.2. The molecule has 11 heteroatoms. The molecular weight excluding hydrogens is 425 g/mol. The molecule has 9 nitrogen and oxygen atoms in total. The van der Waals surface area contributed by atoms with Gasteiger partial charge in [0, 0.05) is 36.3 Å². The Hall–Kier alpha value is -2.11. The first-order valence-corrected chi connectivity index (χ1v) is 12.4. The molecule has 1 saturated carbocycles. The summed E-state index contributed by atoms with van der Waals surface area (Å²) < 4.78 is 41.0. The predicted octanol–water partition coefficient (Wildman–Crippen LogP) is 1.36. The lowest BCUT2D eigenvalue weighted by molar-refractivity contribution is 0.0555. The minimum Gasteiger partial charge on any atom is -0.393 e. The third-order valence-electron chi connectivity index (χ3n) is 6.25. The molecule has 3 heterocycles. The fourth-order valence-electron chi connectivity index (χ4n) is 4.51.